The molecule has 3 saturated carbocycles. The van der Waals surface area contributed by atoms with Gasteiger partial charge in [0.1, 0.15) is 5.60 Å². The summed E-state index contributed by atoms with van der Waals surface area (Å²) in [4.78, 5) is 24.5. The molecule has 0 aromatic heterocycles. The van der Waals surface area contributed by atoms with Crippen LogP contribution in [-0.4, -0.2) is 22.3 Å². The van der Waals surface area contributed by atoms with Crippen LogP contribution in [0.15, 0.2) is 11.6 Å². The van der Waals surface area contributed by atoms with Crippen molar-refractivity contribution in [2.45, 2.75) is 78.7 Å². The van der Waals surface area contributed by atoms with Crippen LogP contribution in [0, 0.1) is 40.4 Å². The summed E-state index contributed by atoms with van der Waals surface area (Å²) < 4.78 is 0. The molecule has 3 heteroatoms. The molecule has 26 heavy (non-hydrogen) atoms. The van der Waals surface area contributed by atoms with Crippen molar-refractivity contribution < 1.29 is 14.7 Å². The van der Waals surface area contributed by atoms with Crippen molar-refractivity contribution in [3.8, 4) is 0 Å². The van der Waals surface area contributed by atoms with Gasteiger partial charge in [-0.2, -0.15) is 0 Å². The zero-order valence-electron chi connectivity index (χ0n) is 17.0. The maximum atomic E-state index is 12.5. The molecule has 0 radical (unpaired) electrons. The fraction of sp³-hybridized carbons (Fsp3) is 0.826. The maximum Gasteiger partial charge on any atom is 0.162 e. The van der Waals surface area contributed by atoms with Crippen molar-refractivity contribution >= 4 is 11.6 Å². The number of hydrogen-bond donors (Lipinski definition) is 1. The Hall–Kier alpha value is -0.960. The Labute approximate surface area is 157 Å². The average Bonchev–Trinajstić information content (AvgIpc) is 2.78. The first-order chi connectivity index (χ1) is 12.1. The van der Waals surface area contributed by atoms with Crippen LogP contribution in [0.5, 0.6) is 0 Å². The Morgan fingerprint density at radius 3 is 2.50 bits per heavy atom. The second kappa shape index (κ2) is 5.53. The van der Waals surface area contributed by atoms with Crippen molar-refractivity contribution in [3.63, 3.8) is 0 Å². The summed E-state index contributed by atoms with van der Waals surface area (Å²) in [6.45, 7) is 10.5. The first kappa shape index (κ1) is 18.4. The van der Waals surface area contributed by atoms with Crippen molar-refractivity contribution in [3.05, 3.63) is 11.6 Å². The highest BCUT2D eigenvalue weighted by atomic mass is 16.3. The lowest BCUT2D eigenvalue weighted by molar-refractivity contribution is -0.166. The number of rotatable bonds is 1. The van der Waals surface area contributed by atoms with Crippen LogP contribution >= 0.6 is 0 Å². The lowest BCUT2D eigenvalue weighted by Crippen LogP contribution is -2.59. The third kappa shape index (κ3) is 2.04. The van der Waals surface area contributed by atoms with Gasteiger partial charge in [-0.25, -0.2) is 0 Å². The third-order valence-corrected chi connectivity index (χ3v) is 9.40. The highest BCUT2D eigenvalue weighted by Gasteiger charge is 2.68. The van der Waals surface area contributed by atoms with E-state index in [2.05, 4.69) is 27.7 Å². The smallest absolute Gasteiger partial charge is 0.162 e. The number of Topliss-reactive ketones (excluding diaryl/α,β-unsaturated/α-hetero) is 1. The monoisotopic (exact) mass is 358 g/mol. The van der Waals surface area contributed by atoms with E-state index in [1.165, 1.54) is 5.57 Å². The van der Waals surface area contributed by atoms with Gasteiger partial charge < -0.3 is 5.11 Å². The van der Waals surface area contributed by atoms with Crippen molar-refractivity contribution in [1.29, 1.82) is 0 Å². The minimum absolute atomic E-state index is 0.0294. The van der Waals surface area contributed by atoms with Gasteiger partial charge >= 0.3 is 0 Å². The quantitative estimate of drug-likeness (QED) is 0.759. The van der Waals surface area contributed by atoms with Gasteiger partial charge in [0.2, 0.25) is 0 Å². The summed E-state index contributed by atoms with van der Waals surface area (Å²) in [6, 6.07) is 0. The predicted octanol–water partition coefficient (Wildman–Crippen LogP) is 4.33. The maximum absolute atomic E-state index is 12.5. The van der Waals surface area contributed by atoms with E-state index in [0.717, 1.165) is 32.1 Å². The molecule has 0 aliphatic heterocycles. The van der Waals surface area contributed by atoms with Gasteiger partial charge in [0, 0.05) is 11.8 Å². The van der Waals surface area contributed by atoms with E-state index in [-0.39, 0.29) is 22.5 Å². The molecule has 0 aromatic rings. The number of carbonyl (C=O) groups excluding carboxylic acids is 2. The molecule has 144 valence electrons. The summed E-state index contributed by atoms with van der Waals surface area (Å²) in [5.74, 6) is 2.24. The largest absolute Gasteiger partial charge is 0.381 e. The zero-order valence-corrected chi connectivity index (χ0v) is 17.0. The highest BCUT2D eigenvalue weighted by Crippen LogP contribution is 2.69. The van der Waals surface area contributed by atoms with E-state index in [9.17, 15) is 14.7 Å². The van der Waals surface area contributed by atoms with Crippen LogP contribution in [-0.2, 0) is 9.59 Å². The first-order valence-electron chi connectivity index (χ1n) is 10.5. The number of carbonyl (C=O) groups is 2. The minimum atomic E-state index is -1.18. The lowest BCUT2D eigenvalue weighted by atomic mass is 9.44. The van der Waals surface area contributed by atoms with Crippen LogP contribution < -0.4 is 0 Å². The Kier molecular flexibility index (Phi) is 3.91. The summed E-state index contributed by atoms with van der Waals surface area (Å²) in [5, 5.41) is 11.5. The lowest BCUT2D eigenvalue weighted by Gasteiger charge is -2.60. The van der Waals surface area contributed by atoms with Gasteiger partial charge in [-0.05, 0) is 80.1 Å². The van der Waals surface area contributed by atoms with E-state index >= 15 is 0 Å². The molecular weight excluding hydrogens is 324 g/mol. The van der Waals surface area contributed by atoms with Crippen LogP contribution in [0.4, 0.5) is 0 Å². The standard InChI is InChI=1S/C23H34O3/c1-13-10-17-18(21(4)8-6-16(25)12-19(13)21)7-9-22(5)20(17)11-14(2)23(22,26)15(3)24/h12-14,17-18,20,26H,6-11H2,1-5H3/t13-,14-,17-,18+,20+,21-,22+,23+/m1/s1. The molecule has 0 saturated heterocycles. The normalized spacial score (nSPS) is 53.4. The summed E-state index contributed by atoms with van der Waals surface area (Å²) >= 11 is 0. The van der Waals surface area contributed by atoms with Gasteiger partial charge in [-0.1, -0.05) is 33.3 Å². The molecule has 4 aliphatic rings. The SMILES string of the molecule is CC(=O)[C@@]1(O)[C@H](C)C[C@H]2[C@@H]3C[C@@H](C)C4=CC(=O)CC[C@]4(C)[C@H]3CC[C@@]21C. The molecule has 8 atom stereocenters. The third-order valence-electron chi connectivity index (χ3n) is 9.40. The number of ketones is 2. The molecule has 0 bridgehead atoms. The Morgan fingerprint density at radius 1 is 1.15 bits per heavy atom. The van der Waals surface area contributed by atoms with Crippen molar-refractivity contribution in [2.24, 2.45) is 40.4 Å². The van der Waals surface area contributed by atoms with E-state index in [0.29, 0.717) is 35.9 Å². The molecule has 0 heterocycles. The van der Waals surface area contributed by atoms with Crippen molar-refractivity contribution in [1.82, 2.24) is 0 Å². The summed E-state index contributed by atoms with van der Waals surface area (Å²) in [6.07, 6.45) is 7.64. The summed E-state index contributed by atoms with van der Waals surface area (Å²) in [5.41, 5.74) is 0.0242. The van der Waals surface area contributed by atoms with Gasteiger partial charge in [0.05, 0.1) is 0 Å². The second-order valence-corrected chi connectivity index (χ2v) is 10.4. The van der Waals surface area contributed by atoms with E-state index < -0.39 is 5.60 Å². The number of hydrogen-bond acceptors (Lipinski definition) is 3. The highest BCUT2D eigenvalue weighted by molar-refractivity contribution is 5.91. The molecule has 1 N–H and O–H groups in total. The molecule has 4 aliphatic carbocycles. The topological polar surface area (TPSA) is 54.4 Å². The Balaban J connectivity index is 1.76. The number of aliphatic hydroxyl groups is 1. The minimum Gasteiger partial charge on any atom is -0.381 e. The van der Waals surface area contributed by atoms with E-state index in [1.807, 2.05) is 6.08 Å². The van der Waals surface area contributed by atoms with Gasteiger partial charge in [-0.15, -0.1) is 0 Å². The first-order valence-corrected chi connectivity index (χ1v) is 10.5. The van der Waals surface area contributed by atoms with E-state index in [1.54, 1.807) is 6.92 Å². The Morgan fingerprint density at radius 2 is 1.85 bits per heavy atom. The molecule has 3 nitrogen and oxygen atoms in total. The average molecular weight is 359 g/mol. The van der Waals surface area contributed by atoms with E-state index in [4.69, 9.17) is 0 Å². The molecule has 4 rings (SSSR count). The molecule has 0 unspecified atom stereocenters. The van der Waals surface area contributed by atoms with Crippen molar-refractivity contribution in [2.75, 3.05) is 0 Å². The predicted molar refractivity (Wildman–Crippen MR) is 101 cm³/mol. The molecular formula is C23H34O3. The zero-order chi connectivity index (χ0) is 19.1. The molecule has 0 amide bonds. The van der Waals surface area contributed by atoms with Crippen LogP contribution in [0.2, 0.25) is 0 Å². The van der Waals surface area contributed by atoms with Crippen LogP contribution in [0.25, 0.3) is 0 Å². The van der Waals surface area contributed by atoms with Crippen LogP contribution in [0.1, 0.15) is 73.1 Å². The van der Waals surface area contributed by atoms with Gasteiger partial charge in [-0.3, -0.25) is 9.59 Å². The fourth-order valence-corrected chi connectivity index (χ4v) is 8.08. The fourth-order valence-electron chi connectivity index (χ4n) is 8.08. The Bertz CT molecular complexity index is 694. The number of allylic oxidation sites excluding steroid dienone is 1. The molecule has 0 spiro atoms. The van der Waals surface area contributed by atoms with Gasteiger partial charge in [0.15, 0.2) is 11.6 Å². The molecule has 3 fully saturated rings. The van der Waals surface area contributed by atoms with Crippen LogP contribution in [0.3, 0.4) is 0 Å². The summed E-state index contributed by atoms with van der Waals surface area (Å²) in [7, 11) is 0. The number of fused-ring (bicyclic) bond motifs is 5. The second-order valence-electron chi connectivity index (χ2n) is 10.4. The molecule has 0 aromatic carbocycles. The van der Waals surface area contributed by atoms with Gasteiger partial charge in [0.25, 0.3) is 0 Å².